The third-order valence-corrected chi connectivity index (χ3v) is 12.5. The highest BCUT2D eigenvalue weighted by molar-refractivity contribution is 6.22. The van der Waals surface area contributed by atoms with E-state index in [1.54, 1.807) is 0 Å². The first-order valence-electron chi connectivity index (χ1n) is 20.8. The lowest BCUT2D eigenvalue weighted by molar-refractivity contribution is 0.660. The van der Waals surface area contributed by atoms with Crippen molar-refractivity contribution < 1.29 is 4.42 Å². The van der Waals surface area contributed by atoms with Crippen molar-refractivity contribution >= 4 is 60.5 Å². The Balaban J connectivity index is 1.12. The molecule has 0 saturated carbocycles. The van der Waals surface area contributed by atoms with Crippen LogP contribution in [-0.2, 0) is 5.41 Å². The maximum atomic E-state index is 7.13. The number of para-hydroxylation sites is 1. The minimum Gasteiger partial charge on any atom is -0.454 e. The maximum Gasteiger partial charge on any atom is 0.164 e. The Hall–Kier alpha value is -7.89. The van der Waals surface area contributed by atoms with E-state index in [0.29, 0.717) is 17.5 Å². The number of benzene rings is 9. The number of furan rings is 1. The van der Waals surface area contributed by atoms with Crippen LogP contribution in [0.1, 0.15) is 25.0 Å². The Morgan fingerprint density at radius 2 is 1.08 bits per heavy atom. The van der Waals surface area contributed by atoms with Gasteiger partial charge in [0.05, 0.1) is 5.69 Å². The molecule has 1 aliphatic rings. The van der Waals surface area contributed by atoms with Gasteiger partial charge in [-0.1, -0.05) is 166 Å². The van der Waals surface area contributed by atoms with Gasteiger partial charge in [0.15, 0.2) is 23.1 Å². The van der Waals surface area contributed by atoms with E-state index >= 15 is 0 Å². The number of fused-ring (bicyclic) bond motifs is 8. The first-order valence-corrected chi connectivity index (χ1v) is 20.8. The Kier molecular flexibility index (Phi) is 7.81. The van der Waals surface area contributed by atoms with Crippen molar-refractivity contribution in [1.29, 1.82) is 0 Å². The second-order valence-corrected chi connectivity index (χ2v) is 16.4. The summed E-state index contributed by atoms with van der Waals surface area (Å²) < 4.78 is 7.13. The van der Waals surface area contributed by atoms with Crippen molar-refractivity contribution in [3.8, 4) is 45.3 Å². The van der Waals surface area contributed by atoms with Crippen LogP contribution >= 0.6 is 0 Å². The molecule has 12 rings (SSSR count). The SMILES string of the molecule is CC1(C)c2ccccc2-c2ccc(N(c3ccccc3)c3c4ccccc4cc4c3oc3cccc(-c5nc(-c6ccccc6)nc(-c6ccc7ccccc7c6)n5)c34)cc21. The van der Waals surface area contributed by atoms with Gasteiger partial charge in [-0.05, 0) is 80.9 Å². The van der Waals surface area contributed by atoms with Gasteiger partial charge in [-0.15, -0.1) is 0 Å². The summed E-state index contributed by atoms with van der Waals surface area (Å²) in [4.78, 5) is 17.9. The highest BCUT2D eigenvalue weighted by atomic mass is 16.3. The van der Waals surface area contributed by atoms with Gasteiger partial charge < -0.3 is 9.32 Å². The van der Waals surface area contributed by atoms with Crippen molar-refractivity contribution in [2.45, 2.75) is 19.3 Å². The molecule has 11 aromatic rings. The second-order valence-electron chi connectivity index (χ2n) is 16.4. The zero-order valence-electron chi connectivity index (χ0n) is 33.7. The van der Waals surface area contributed by atoms with Crippen molar-refractivity contribution in [1.82, 2.24) is 15.0 Å². The van der Waals surface area contributed by atoms with Crippen LogP contribution in [0.15, 0.2) is 199 Å². The maximum absolute atomic E-state index is 7.13. The summed E-state index contributed by atoms with van der Waals surface area (Å²) in [5.74, 6) is 1.81. The predicted octanol–water partition coefficient (Wildman–Crippen LogP) is 14.9. The van der Waals surface area contributed by atoms with Gasteiger partial charge >= 0.3 is 0 Å². The third-order valence-electron chi connectivity index (χ3n) is 12.5. The molecule has 1 aliphatic carbocycles. The second kappa shape index (κ2) is 13.6. The molecule has 0 amide bonds. The molecule has 0 bridgehead atoms. The van der Waals surface area contributed by atoms with Gasteiger partial charge in [0.25, 0.3) is 0 Å². The van der Waals surface area contributed by atoms with Crippen LogP contribution in [0.25, 0.3) is 88.8 Å². The monoisotopic (exact) mass is 782 g/mol. The van der Waals surface area contributed by atoms with Crippen LogP contribution in [-0.4, -0.2) is 15.0 Å². The fourth-order valence-corrected chi connectivity index (χ4v) is 9.50. The molecule has 0 fully saturated rings. The number of hydrogen-bond donors (Lipinski definition) is 0. The molecule has 0 saturated heterocycles. The van der Waals surface area contributed by atoms with Crippen molar-refractivity contribution in [3.05, 3.63) is 205 Å². The first kappa shape index (κ1) is 35.1. The average Bonchev–Trinajstić information content (AvgIpc) is 3.80. The van der Waals surface area contributed by atoms with Gasteiger partial charge in [0, 0.05) is 49.6 Å². The molecule has 0 N–H and O–H groups in total. The zero-order valence-corrected chi connectivity index (χ0v) is 33.7. The Morgan fingerprint density at radius 3 is 1.92 bits per heavy atom. The minimum absolute atomic E-state index is 0.165. The van der Waals surface area contributed by atoms with Crippen molar-refractivity contribution in [3.63, 3.8) is 0 Å². The van der Waals surface area contributed by atoms with Crippen LogP contribution in [0, 0.1) is 0 Å². The van der Waals surface area contributed by atoms with Gasteiger partial charge in [0.2, 0.25) is 0 Å². The van der Waals surface area contributed by atoms with E-state index in [2.05, 4.69) is 176 Å². The van der Waals surface area contributed by atoms with Crippen LogP contribution in [0.2, 0.25) is 0 Å². The highest BCUT2D eigenvalue weighted by Crippen LogP contribution is 2.52. The zero-order chi connectivity index (χ0) is 40.7. The molecule has 5 nitrogen and oxygen atoms in total. The van der Waals surface area contributed by atoms with Crippen LogP contribution in [0.4, 0.5) is 17.1 Å². The van der Waals surface area contributed by atoms with E-state index in [1.807, 2.05) is 36.4 Å². The number of nitrogens with zero attached hydrogens (tertiary/aromatic N) is 4. The summed E-state index contributed by atoms with van der Waals surface area (Å²) in [6.45, 7) is 4.67. The van der Waals surface area contributed by atoms with Crippen molar-refractivity contribution in [2.75, 3.05) is 4.90 Å². The fourth-order valence-electron chi connectivity index (χ4n) is 9.50. The predicted molar refractivity (Wildman–Crippen MR) is 251 cm³/mol. The van der Waals surface area contributed by atoms with Gasteiger partial charge in [-0.2, -0.15) is 0 Å². The normalized spacial score (nSPS) is 12.9. The van der Waals surface area contributed by atoms with E-state index in [9.17, 15) is 0 Å². The molecular formula is C56H38N4O. The number of anilines is 3. The minimum atomic E-state index is -0.165. The van der Waals surface area contributed by atoms with E-state index in [4.69, 9.17) is 19.4 Å². The van der Waals surface area contributed by atoms with E-state index in [0.717, 1.165) is 71.8 Å². The van der Waals surface area contributed by atoms with Gasteiger partial charge in [-0.25, -0.2) is 15.0 Å². The molecule has 0 spiro atoms. The lowest BCUT2D eigenvalue weighted by Crippen LogP contribution is -2.16. The molecule has 288 valence electrons. The molecule has 0 unspecified atom stereocenters. The molecule has 5 heteroatoms. The number of rotatable bonds is 6. The third kappa shape index (κ3) is 5.58. The summed E-state index contributed by atoms with van der Waals surface area (Å²) in [6.07, 6.45) is 0. The lowest BCUT2D eigenvalue weighted by atomic mass is 9.82. The first-order chi connectivity index (χ1) is 30.0. The standard InChI is InChI=1S/C56H38N4O/c1-56(2)47-26-14-13-24-43(47)44-31-30-41(34-48(44)56)60(40-21-7-4-8-22-40)51-42-23-12-11-20-38(42)33-46-50-45(25-15-27-49(50)61-52(46)51)55-58-53(36-17-5-3-6-18-36)57-54(59-55)39-29-28-35-16-9-10-19-37(35)32-39/h3-34H,1-2H3. The summed E-state index contributed by atoms with van der Waals surface area (Å²) in [6, 6.07) is 68.4. The topological polar surface area (TPSA) is 55.1 Å². The van der Waals surface area contributed by atoms with E-state index < -0.39 is 0 Å². The van der Waals surface area contributed by atoms with Crippen LogP contribution in [0.3, 0.4) is 0 Å². The van der Waals surface area contributed by atoms with Crippen molar-refractivity contribution in [2.24, 2.45) is 0 Å². The summed E-state index contributed by atoms with van der Waals surface area (Å²) in [5.41, 5.74) is 12.4. The van der Waals surface area contributed by atoms with E-state index in [1.165, 1.54) is 27.6 Å². The van der Waals surface area contributed by atoms with Gasteiger partial charge in [0.1, 0.15) is 5.58 Å². The van der Waals surface area contributed by atoms with Crippen LogP contribution in [0.5, 0.6) is 0 Å². The number of aromatic nitrogens is 3. The molecule has 9 aromatic carbocycles. The average molecular weight is 783 g/mol. The molecule has 61 heavy (non-hydrogen) atoms. The Morgan fingerprint density at radius 1 is 0.426 bits per heavy atom. The summed E-state index contributed by atoms with van der Waals surface area (Å²) in [5, 5.41) is 6.44. The quantitative estimate of drug-likeness (QED) is 0.168. The highest BCUT2D eigenvalue weighted by Gasteiger charge is 2.36. The number of hydrogen-bond acceptors (Lipinski definition) is 5. The summed E-state index contributed by atoms with van der Waals surface area (Å²) in [7, 11) is 0. The molecular weight excluding hydrogens is 745 g/mol. The molecule has 2 aromatic heterocycles. The molecule has 2 heterocycles. The lowest BCUT2D eigenvalue weighted by Gasteiger charge is -2.29. The van der Waals surface area contributed by atoms with E-state index in [-0.39, 0.29) is 5.41 Å². The fraction of sp³-hybridized carbons (Fsp3) is 0.0536. The van der Waals surface area contributed by atoms with Gasteiger partial charge in [-0.3, -0.25) is 0 Å². The largest absolute Gasteiger partial charge is 0.454 e. The smallest absolute Gasteiger partial charge is 0.164 e. The van der Waals surface area contributed by atoms with Crippen LogP contribution < -0.4 is 4.90 Å². The molecule has 0 radical (unpaired) electrons. The Labute approximate surface area is 353 Å². The molecule has 0 atom stereocenters. The Bertz CT molecular complexity index is 3520. The molecule has 0 aliphatic heterocycles. The summed E-state index contributed by atoms with van der Waals surface area (Å²) >= 11 is 0.